The monoisotopic (exact) mass is 199 g/mol. The van der Waals surface area contributed by atoms with E-state index in [0.717, 1.165) is 11.8 Å². The number of rotatable bonds is 2. The van der Waals surface area contributed by atoms with Crippen molar-refractivity contribution in [3.63, 3.8) is 0 Å². The molecular weight excluding hydrogens is 192 g/mol. The van der Waals surface area contributed by atoms with Crippen molar-refractivity contribution in [3.05, 3.63) is 31.1 Å². The molecule has 1 fully saturated rings. The first-order valence-electron chi connectivity index (χ1n) is 3.06. The molecule has 0 atom stereocenters. The zero-order valence-corrected chi connectivity index (χ0v) is 7.31. The van der Waals surface area contributed by atoms with E-state index in [4.69, 9.17) is 0 Å². The van der Waals surface area contributed by atoms with Crippen LogP contribution in [-0.2, 0) is 4.79 Å². The van der Waals surface area contributed by atoms with E-state index in [1.165, 1.54) is 0 Å². The molecule has 53 valence electrons. The van der Waals surface area contributed by atoms with Gasteiger partial charge in [0.25, 0.3) is 0 Å². The second-order valence-electron chi connectivity index (χ2n) is 2.23. The number of hydrogen-bond donors (Lipinski definition) is 0. The Bertz CT molecular complexity index is 133. The van der Waals surface area contributed by atoms with Gasteiger partial charge in [0.15, 0.2) is 5.78 Å². The summed E-state index contributed by atoms with van der Waals surface area (Å²) in [7, 11) is 0. The van der Waals surface area contributed by atoms with Gasteiger partial charge in [0.1, 0.15) is 0 Å². The Hall–Kier alpha value is 0.150. The van der Waals surface area contributed by atoms with Crippen LogP contribution in [0.15, 0.2) is 0 Å². The van der Waals surface area contributed by atoms with Crippen LogP contribution in [0.4, 0.5) is 0 Å². The van der Waals surface area contributed by atoms with Crippen LogP contribution in [0.5, 0.6) is 0 Å². The van der Waals surface area contributed by atoms with Crippen LogP contribution in [0, 0.1) is 31.1 Å². The SMILES string of the molecule is C[C]1[CH][CH][C](C(=O)CBr)[CH]1. The first-order valence-corrected chi connectivity index (χ1v) is 4.18. The molecular formula is C8H8BrO. The number of halogens is 1. The Morgan fingerprint density at radius 3 is 2.70 bits per heavy atom. The van der Waals surface area contributed by atoms with Gasteiger partial charge in [-0.05, 0) is 25.2 Å². The molecule has 0 heterocycles. The third-order valence-corrected chi connectivity index (χ3v) is 1.86. The molecule has 0 bridgehead atoms. The highest BCUT2D eigenvalue weighted by atomic mass is 79.9. The number of alkyl halides is 1. The second kappa shape index (κ2) is 3.51. The maximum absolute atomic E-state index is 11.0. The predicted octanol–water partition coefficient (Wildman–Crippen LogP) is 1.75. The summed E-state index contributed by atoms with van der Waals surface area (Å²) in [5.74, 6) is 2.09. The number of carbonyl (C=O) groups is 1. The van der Waals surface area contributed by atoms with Crippen LogP contribution >= 0.6 is 15.9 Å². The highest BCUT2D eigenvalue weighted by molar-refractivity contribution is 9.09. The van der Waals surface area contributed by atoms with Crippen LogP contribution in [0.2, 0.25) is 0 Å². The Labute approximate surface area is 70.3 Å². The van der Waals surface area contributed by atoms with Crippen LogP contribution in [0.25, 0.3) is 0 Å². The van der Waals surface area contributed by atoms with E-state index in [2.05, 4.69) is 15.9 Å². The van der Waals surface area contributed by atoms with E-state index in [1.807, 2.05) is 26.2 Å². The van der Waals surface area contributed by atoms with Gasteiger partial charge < -0.3 is 0 Å². The van der Waals surface area contributed by atoms with Crippen molar-refractivity contribution in [2.45, 2.75) is 6.92 Å². The summed E-state index contributed by atoms with van der Waals surface area (Å²) >= 11 is 3.11. The largest absolute Gasteiger partial charge is 0.298 e. The van der Waals surface area contributed by atoms with Gasteiger partial charge in [-0.2, -0.15) is 0 Å². The topological polar surface area (TPSA) is 17.1 Å². The lowest BCUT2D eigenvalue weighted by molar-refractivity contribution is -0.114. The molecule has 0 aromatic carbocycles. The number of Topliss-reactive ketones (excluding diaryl/α,β-unsaturated/α-hetero) is 1. The van der Waals surface area contributed by atoms with Crippen LogP contribution in [0.3, 0.4) is 0 Å². The second-order valence-corrected chi connectivity index (χ2v) is 2.79. The van der Waals surface area contributed by atoms with Gasteiger partial charge in [-0.15, -0.1) is 0 Å². The van der Waals surface area contributed by atoms with Crippen molar-refractivity contribution < 1.29 is 4.79 Å². The molecule has 0 N–H and O–H groups in total. The van der Waals surface area contributed by atoms with E-state index in [9.17, 15) is 4.79 Å². The van der Waals surface area contributed by atoms with E-state index in [1.54, 1.807) is 0 Å². The average Bonchev–Trinajstić information content (AvgIpc) is 2.34. The van der Waals surface area contributed by atoms with Gasteiger partial charge in [-0.3, -0.25) is 4.79 Å². The van der Waals surface area contributed by atoms with Gasteiger partial charge >= 0.3 is 0 Å². The summed E-state index contributed by atoms with van der Waals surface area (Å²) in [6.07, 6.45) is 5.68. The highest BCUT2D eigenvalue weighted by Gasteiger charge is 2.28. The minimum atomic E-state index is 0.146. The van der Waals surface area contributed by atoms with E-state index >= 15 is 0 Å². The lowest BCUT2D eigenvalue weighted by Gasteiger charge is -2.01. The Balaban J connectivity index is 2.37. The molecule has 1 aliphatic rings. The minimum absolute atomic E-state index is 0.146. The summed E-state index contributed by atoms with van der Waals surface area (Å²) in [5.41, 5.74) is 0. The lowest BCUT2D eigenvalue weighted by atomic mass is 10.0. The van der Waals surface area contributed by atoms with Gasteiger partial charge in [0.05, 0.1) is 11.2 Å². The predicted molar refractivity (Wildman–Crippen MR) is 43.9 cm³/mol. The normalized spacial score (nSPS) is 21.8. The van der Waals surface area contributed by atoms with Crippen molar-refractivity contribution >= 4 is 21.7 Å². The highest BCUT2D eigenvalue weighted by Crippen LogP contribution is 2.31. The third-order valence-electron chi connectivity index (χ3n) is 1.35. The standard InChI is InChI=1S/C8H8BrO/c1-6-2-3-7(4-6)8(10)5-9/h2-4H,5H2,1H3. The average molecular weight is 200 g/mol. The minimum Gasteiger partial charge on any atom is -0.298 e. The van der Waals surface area contributed by atoms with E-state index in [0.29, 0.717) is 5.33 Å². The van der Waals surface area contributed by atoms with Crippen molar-refractivity contribution in [2.75, 3.05) is 5.33 Å². The Morgan fingerprint density at radius 1 is 1.60 bits per heavy atom. The van der Waals surface area contributed by atoms with Crippen molar-refractivity contribution in [1.82, 2.24) is 0 Å². The molecule has 0 aromatic rings. The van der Waals surface area contributed by atoms with Crippen LogP contribution in [0.1, 0.15) is 6.92 Å². The van der Waals surface area contributed by atoms with Crippen molar-refractivity contribution in [2.24, 2.45) is 0 Å². The summed E-state index contributed by atoms with van der Waals surface area (Å²) in [6, 6.07) is 0. The summed E-state index contributed by atoms with van der Waals surface area (Å²) in [4.78, 5) is 11.0. The Kier molecular flexibility index (Phi) is 2.90. The lowest BCUT2D eigenvalue weighted by Crippen LogP contribution is -2.10. The molecule has 0 amide bonds. The molecule has 0 spiro atoms. The van der Waals surface area contributed by atoms with Gasteiger partial charge in [-0.25, -0.2) is 0 Å². The molecule has 1 rings (SSSR count). The summed E-state index contributed by atoms with van der Waals surface area (Å²) in [5, 5.41) is 0.413. The molecule has 0 aliphatic heterocycles. The van der Waals surface area contributed by atoms with Gasteiger partial charge in [0, 0.05) is 0 Å². The van der Waals surface area contributed by atoms with E-state index < -0.39 is 0 Å². The fourth-order valence-electron chi connectivity index (χ4n) is 0.813. The van der Waals surface area contributed by atoms with Gasteiger partial charge in [-0.1, -0.05) is 22.9 Å². The fourth-order valence-corrected chi connectivity index (χ4v) is 1.14. The molecule has 10 heavy (non-hydrogen) atoms. The quantitative estimate of drug-likeness (QED) is 0.620. The fraction of sp³-hybridized carbons (Fsp3) is 0.250. The summed E-state index contributed by atoms with van der Waals surface area (Å²) < 4.78 is 0. The Morgan fingerprint density at radius 2 is 2.30 bits per heavy atom. The zero-order valence-electron chi connectivity index (χ0n) is 5.73. The molecule has 1 saturated carbocycles. The molecule has 0 aromatic heterocycles. The maximum Gasteiger partial charge on any atom is 0.151 e. The van der Waals surface area contributed by atoms with Crippen molar-refractivity contribution in [3.8, 4) is 0 Å². The van der Waals surface area contributed by atoms with Crippen molar-refractivity contribution in [1.29, 1.82) is 0 Å². The molecule has 1 nitrogen and oxygen atoms in total. The first-order chi connectivity index (χ1) is 4.74. The van der Waals surface area contributed by atoms with Gasteiger partial charge in [0.2, 0.25) is 0 Å². The molecule has 0 unspecified atom stereocenters. The molecule has 1 aliphatic carbocycles. The number of ketones is 1. The number of carbonyl (C=O) groups excluding carboxylic acids is 1. The van der Waals surface area contributed by atoms with E-state index in [-0.39, 0.29) is 5.78 Å². The first kappa shape index (κ1) is 8.25. The summed E-state index contributed by atoms with van der Waals surface area (Å²) in [6.45, 7) is 1.98. The molecule has 0 saturated heterocycles. The smallest absolute Gasteiger partial charge is 0.151 e. The molecule has 5 radical (unpaired) electrons. The zero-order chi connectivity index (χ0) is 7.56. The third kappa shape index (κ3) is 1.82. The molecule has 2 heteroatoms. The number of hydrogen-bond acceptors (Lipinski definition) is 1. The van der Waals surface area contributed by atoms with Crippen LogP contribution in [-0.4, -0.2) is 11.1 Å². The van der Waals surface area contributed by atoms with Crippen LogP contribution < -0.4 is 0 Å². The maximum atomic E-state index is 11.0.